The van der Waals surface area contributed by atoms with Crippen molar-refractivity contribution in [2.75, 3.05) is 6.54 Å². The van der Waals surface area contributed by atoms with Crippen molar-refractivity contribution < 1.29 is 23.8 Å². The molecule has 3 heterocycles. The summed E-state index contributed by atoms with van der Waals surface area (Å²) in [7, 11) is 0. The van der Waals surface area contributed by atoms with Gasteiger partial charge in [0.2, 0.25) is 0 Å². The maximum atomic E-state index is 15.6. The maximum absolute atomic E-state index is 15.6. The van der Waals surface area contributed by atoms with Crippen LogP contribution < -0.4 is 5.32 Å². The van der Waals surface area contributed by atoms with Gasteiger partial charge in [0.05, 0.1) is 30.3 Å². The summed E-state index contributed by atoms with van der Waals surface area (Å²) in [4.78, 5) is 31.7. The molecule has 7 nitrogen and oxygen atoms in total. The number of carbonyl (C=O) groups is 2. The number of hydrogen-bond donors (Lipinski definition) is 2. The van der Waals surface area contributed by atoms with E-state index in [1.54, 1.807) is 12.4 Å². The number of morpholine rings is 1. The van der Waals surface area contributed by atoms with Gasteiger partial charge in [0.25, 0.3) is 0 Å². The highest BCUT2D eigenvalue weighted by Gasteiger charge is 2.60. The highest BCUT2D eigenvalue weighted by molar-refractivity contribution is 6.18. The minimum Gasteiger partial charge on any atom is -0.478 e. The summed E-state index contributed by atoms with van der Waals surface area (Å²) in [6.45, 7) is 0.558. The number of ketones is 1. The van der Waals surface area contributed by atoms with Gasteiger partial charge in [-0.15, -0.1) is 0 Å². The van der Waals surface area contributed by atoms with E-state index in [1.165, 1.54) is 19.3 Å². The Kier molecular flexibility index (Phi) is 6.13. The average molecular weight is 484 g/mol. The standard InChI is InChI=1S/C27H34FN3O4/c28-20-13-18-24-26(22(20)30-12-10-16-6-3-4-11-29-16)35-21-9-8-15-5-1-2-7-17(15)23(21)31(24)14-19(25(18)32)27(33)34/h3-4,6,11,14-15,17-18,20-24,26,30H,1-2,5,7-10,12-13H2,(H,33,34). The predicted octanol–water partition coefficient (Wildman–Crippen LogP) is 2.90. The quantitative estimate of drug-likeness (QED) is 0.623. The summed E-state index contributed by atoms with van der Waals surface area (Å²) in [6.07, 6.45) is 8.93. The molecule has 0 bridgehead atoms. The van der Waals surface area contributed by atoms with Crippen LogP contribution in [0.5, 0.6) is 0 Å². The molecule has 9 unspecified atom stereocenters. The number of nitrogens with zero attached hydrogens (tertiary/aromatic N) is 2. The molecular formula is C27H34FN3O4. The number of hydrogen-bond acceptors (Lipinski definition) is 6. The van der Waals surface area contributed by atoms with Crippen molar-refractivity contribution in [3.63, 3.8) is 0 Å². The Morgan fingerprint density at radius 2 is 2.06 bits per heavy atom. The second-order valence-electron chi connectivity index (χ2n) is 11.0. The Morgan fingerprint density at radius 1 is 1.20 bits per heavy atom. The number of alkyl halides is 1. The van der Waals surface area contributed by atoms with Gasteiger partial charge < -0.3 is 20.1 Å². The topological polar surface area (TPSA) is 91.8 Å². The van der Waals surface area contributed by atoms with Crippen LogP contribution in [0.15, 0.2) is 36.2 Å². The van der Waals surface area contributed by atoms with Crippen LogP contribution in [0.25, 0.3) is 0 Å². The third-order valence-corrected chi connectivity index (χ3v) is 9.20. The van der Waals surface area contributed by atoms with E-state index < -0.39 is 36.0 Å². The zero-order chi connectivity index (χ0) is 24.1. The zero-order valence-corrected chi connectivity index (χ0v) is 19.9. The van der Waals surface area contributed by atoms with Crippen molar-refractivity contribution >= 4 is 11.8 Å². The first kappa shape index (κ1) is 23.1. The molecule has 0 spiro atoms. The Morgan fingerprint density at radius 3 is 2.86 bits per heavy atom. The van der Waals surface area contributed by atoms with E-state index in [0.717, 1.165) is 25.0 Å². The molecule has 2 aliphatic heterocycles. The van der Waals surface area contributed by atoms with Gasteiger partial charge in [0, 0.05) is 37.0 Å². The number of fused-ring (bicyclic) bond motifs is 4. The highest BCUT2D eigenvalue weighted by Crippen LogP contribution is 2.51. The number of Topliss-reactive ketones (excluding diaryl/α,β-unsaturated/α-hetero) is 1. The average Bonchev–Trinajstić information content (AvgIpc) is 2.87. The summed E-state index contributed by atoms with van der Waals surface area (Å²) >= 11 is 0. The first-order valence-corrected chi connectivity index (χ1v) is 13.2. The van der Waals surface area contributed by atoms with E-state index >= 15 is 4.39 Å². The highest BCUT2D eigenvalue weighted by atomic mass is 19.1. The molecule has 1 saturated heterocycles. The lowest BCUT2D eigenvalue weighted by atomic mass is 9.63. The minimum atomic E-state index is -1.29. The van der Waals surface area contributed by atoms with E-state index in [2.05, 4.69) is 15.2 Å². The second-order valence-corrected chi connectivity index (χ2v) is 11.0. The molecule has 6 rings (SSSR count). The van der Waals surface area contributed by atoms with E-state index in [0.29, 0.717) is 24.8 Å². The van der Waals surface area contributed by atoms with Crippen LogP contribution in [-0.2, 0) is 20.7 Å². The van der Waals surface area contributed by atoms with Crippen LogP contribution in [-0.4, -0.2) is 69.8 Å². The van der Waals surface area contributed by atoms with Crippen molar-refractivity contribution in [1.82, 2.24) is 15.2 Å². The molecular weight excluding hydrogens is 449 g/mol. The van der Waals surface area contributed by atoms with Crippen molar-refractivity contribution in [2.24, 2.45) is 17.8 Å². The molecule has 2 N–H and O–H groups in total. The third-order valence-electron chi connectivity index (χ3n) is 9.20. The second kappa shape index (κ2) is 9.28. The van der Waals surface area contributed by atoms with Crippen molar-refractivity contribution in [1.29, 1.82) is 0 Å². The number of halogens is 1. The van der Waals surface area contributed by atoms with Crippen LogP contribution in [0.4, 0.5) is 4.39 Å². The number of pyridine rings is 1. The number of nitrogens with one attached hydrogen (secondary N) is 1. The van der Waals surface area contributed by atoms with E-state index in [4.69, 9.17) is 4.74 Å². The van der Waals surface area contributed by atoms with Gasteiger partial charge in [0.15, 0.2) is 5.78 Å². The smallest absolute Gasteiger partial charge is 0.340 e. The van der Waals surface area contributed by atoms with Gasteiger partial charge in [-0.3, -0.25) is 9.78 Å². The molecule has 3 aliphatic carbocycles. The van der Waals surface area contributed by atoms with Gasteiger partial charge >= 0.3 is 5.97 Å². The largest absolute Gasteiger partial charge is 0.478 e. The van der Waals surface area contributed by atoms with Crippen molar-refractivity contribution in [3.05, 3.63) is 41.9 Å². The lowest BCUT2D eigenvalue weighted by Gasteiger charge is -2.62. The molecule has 1 aromatic rings. The zero-order valence-electron chi connectivity index (χ0n) is 19.9. The SMILES string of the molecule is O=C(O)C1=CN2C3C(CCC4CCCCC43)OC3C(NCCc4ccccn4)C(F)CC(C1=O)C32. The molecule has 0 aromatic carbocycles. The third kappa shape index (κ3) is 3.99. The number of aromatic nitrogens is 1. The molecule has 4 fully saturated rings. The fraction of sp³-hybridized carbons (Fsp3) is 0.667. The van der Waals surface area contributed by atoms with E-state index in [1.807, 2.05) is 18.2 Å². The molecule has 8 heteroatoms. The summed E-state index contributed by atoms with van der Waals surface area (Å²) in [5.74, 6) is -1.30. The molecule has 5 aliphatic rings. The Bertz CT molecular complexity index is 1000. The summed E-state index contributed by atoms with van der Waals surface area (Å²) < 4.78 is 22.4. The van der Waals surface area contributed by atoms with E-state index in [-0.39, 0.29) is 30.2 Å². The lowest BCUT2D eigenvalue weighted by Crippen LogP contribution is -2.74. The normalized spacial score (nSPS) is 40.3. The number of rotatable bonds is 5. The van der Waals surface area contributed by atoms with Crippen molar-refractivity contribution in [2.45, 2.75) is 87.9 Å². The van der Waals surface area contributed by atoms with Crippen LogP contribution >= 0.6 is 0 Å². The van der Waals surface area contributed by atoms with Crippen LogP contribution in [0.1, 0.15) is 50.6 Å². The number of carbonyl (C=O) groups excluding carboxylic acids is 1. The Hall–Kier alpha value is -2.32. The first-order valence-electron chi connectivity index (χ1n) is 13.2. The van der Waals surface area contributed by atoms with Gasteiger partial charge in [-0.1, -0.05) is 25.3 Å². The molecule has 188 valence electrons. The maximum Gasteiger partial charge on any atom is 0.340 e. The first-order chi connectivity index (χ1) is 17.0. The fourth-order valence-corrected chi connectivity index (χ4v) is 7.71. The molecule has 0 amide bonds. The van der Waals surface area contributed by atoms with E-state index in [9.17, 15) is 14.7 Å². The fourth-order valence-electron chi connectivity index (χ4n) is 7.71. The predicted molar refractivity (Wildman–Crippen MR) is 126 cm³/mol. The molecule has 9 atom stereocenters. The number of carboxylic acid groups (broad SMARTS) is 1. The number of carboxylic acids is 1. The van der Waals surface area contributed by atoms with Gasteiger partial charge in [-0.25, -0.2) is 9.18 Å². The summed E-state index contributed by atoms with van der Waals surface area (Å²) in [5, 5.41) is 13.2. The van der Waals surface area contributed by atoms with Crippen LogP contribution in [0, 0.1) is 17.8 Å². The monoisotopic (exact) mass is 483 g/mol. The molecule has 3 saturated carbocycles. The lowest BCUT2D eigenvalue weighted by molar-refractivity contribution is -0.215. The van der Waals surface area contributed by atoms with Crippen LogP contribution in [0.3, 0.4) is 0 Å². The van der Waals surface area contributed by atoms with Crippen molar-refractivity contribution in [3.8, 4) is 0 Å². The van der Waals surface area contributed by atoms with Gasteiger partial charge in [-0.2, -0.15) is 0 Å². The Labute approximate surface area is 205 Å². The minimum absolute atomic E-state index is 0.0250. The number of ether oxygens (including phenoxy) is 1. The Balaban J connectivity index is 1.31. The summed E-state index contributed by atoms with van der Waals surface area (Å²) in [5.41, 5.74) is 0.741. The molecule has 1 aromatic heterocycles. The van der Waals surface area contributed by atoms with Gasteiger partial charge in [-0.05, 0) is 49.7 Å². The molecule has 35 heavy (non-hydrogen) atoms. The van der Waals surface area contributed by atoms with Gasteiger partial charge in [0.1, 0.15) is 11.7 Å². The van der Waals surface area contributed by atoms with Crippen LogP contribution in [0.2, 0.25) is 0 Å². The summed E-state index contributed by atoms with van der Waals surface area (Å²) in [6, 6.07) is 4.96. The number of aliphatic carboxylic acids is 1. The molecule has 0 radical (unpaired) electrons.